The van der Waals surface area contributed by atoms with Gasteiger partial charge in [-0.2, -0.15) is 9.78 Å². The van der Waals surface area contributed by atoms with Crippen molar-refractivity contribution < 1.29 is 9.21 Å². The molecule has 0 aliphatic rings. The Kier molecular flexibility index (Phi) is 5.89. The maximum absolute atomic E-state index is 12.4. The summed E-state index contributed by atoms with van der Waals surface area (Å²) in [6.07, 6.45) is 4.61. The normalized spacial score (nSPS) is 10.6. The fourth-order valence-corrected chi connectivity index (χ4v) is 2.12. The summed E-state index contributed by atoms with van der Waals surface area (Å²) in [5.74, 6) is 1.30. The Morgan fingerprint density at radius 2 is 2.04 bits per heavy atom. The Bertz CT molecular complexity index is 843. The van der Waals surface area contributed by atoms with Gasteiger partial charge in [0.1, 0.15) is 17.8 Å². The number of anilines is 1. The first-order chi connectivity index (χ1) is 11.6. The third kappa shape index (κ3) is 4.04. The van der Waals surface area contributed by atoms with E-state index < -0.39 is 0 Å². The second-order valence-corrected chi connectivity index (χ2v) is 5.53. The SMILES string of the molecule is CC(C)c1cc(NC(=O)c2coc(CN)c2)n(-c2ncccn2)n1.Cl. The van der Waals surface area contributed by atoms with Crippen molar-refractivity contribution in [3.8, 4) is 5.95 Å². The van der Waals surface area contributed by atoms with Gasteiger partial charge in [-0.15, -0.1) is 12.4 Å². The molecule has 3 heterocycles. The number of carbonyl (C=O) groups excluding carboxylic acids is 1. The lowest BCUT2D eigenvalue weighted by Crippen LogP contribution is -2.15. The summed E-state index contributed by atoms with van der Waals surface area (Å²) in [5.41, 5.74) is 6.71. The van der Waals surface area contributed by atoms with Crippen LogP contribution in [0.1, 0.15) is 41.6 Å². The summed E-state index contributed by atoms with van der Waals surface area (Å²) in [6.45, 7) is 4.28. The molecule has 1 amide bonds. The van der Waals surface area contributed by atoms with Gasteiger partial charge in [0.25, 0.3) is 11.9 Å². The Balaban J connectivity index is 0.00000225. The van der Waals surface area contributed by atoms with Gasteiger partial charge < -0.3 is 15.5 Å². The number of rotatable bonds is 5. The lowest BCUT2D eigenvalue weighted by atomic mass is 10.1. The smallest absolute Gasteiger partial charge is 0.260 e. The molecule has 0 bridgehead atoms. The van der Waals surface area contributed by atoms with Gasteiger partial charge in [-0.1, -0.05) is 13.8 Å². The lowest BCUT2D eigenvalue weighted by molar-refractivity contribution is 0.102. The largest absolute Gasteiger partial charge is 0.467 e. The van der Waals surface area contributed by atoms with Crippen molar-refractivity contribution in [1.29, 1.82) is 0 Å². The molecule has 0 aliphatic heterocycles. The number of hydrogen-bond donors (Lipinski definition) is 2. The van der Waals surface area contributed by atoms with Gasteiger partial charge >= 0.3 is 0 Å². The van der Waals surface area contributed by atoms with Gasteiger partial charge in [0.2, 0.25) is 0 Å². The quantitative estimate of drug-likeness (QED) is 0.721. The Labute approximate surface area is 150 Å². The van der Waals surface area contributed by atoms with Crippen molar-refractivity contribution in [2.45, 2.75) is 26.3 Å². The van der Waals surface area contributed by atoms with E-state index in [1.54, 1.807) is 24.5 Å². The third-order valence-corrected chi connectivity index (χ3v) is 3.42. The molecule has 0 atom stereocenters. The molecular weight excluding hydrogens is 344 g/mol. The van der Waals surface area contributed by atoms with Crippen LogP contribution in [-0.2, 0) is 6.54 Å². The predicted octanol–water partition coefficient (Wildman–Crippen LogP) is 2.51. The van der Waals surface area contributed by atoms with Crippen LogP contribution in [-0.4, -0.2) is 25.7 Å². The third-order valence-electron chi connectivity index (χ3n) is 3.42. The average Bonchev–Trinajstić information content (AvgIpc) is 3.22. The molecule has 25 heavy (non-hydrogen) atoms. The van der Waals surface area contributed by atoms with Gasteiger partial charge in [0.15, 0.2) is 0 Å². The predicted molar refractivity (Wildman–Crippen MR) is 95.0 cm³/mol. The molecule has 0 radical (unpaired) electrons. The van der Waals surface area contributed by atoms with E-state index >= 15 is 0 Å². The summed E-state index contributed by atoms with van der Waals surface area (Å²) in [7, 11) is 0. The van der Waals surface area contributed by atoms with Crippen LogP contribution in [0.4, 0.5) is 5.82 Å². The van der Waals surface area contributed by atoms with Crippen molar-refractivity contribution in [2.24, 2.45) is 5.73 Å². The second-order valence-electron chi connectivity index (χ2n) is 5.53. The Hall–Kier alpha value is -2.71. The summed E-state index contributed by atoms with van der Waals surface area (Å²) in [4.78, 5) is 20.8. The molecule has 0 aromatic carbocycles. The maximum atomic E-state index is 12.4. The van der Waals surface area contributed by atoms with E-state index in [1.165, 1.54) is 10.9 Å². The van der Waals surface area contributed by atoms with Crippen LogP contribution in [0.25, 0.3) is 5.95 Å². The van der Waals surface area contributed by atoms with Crippen LogP contribution in [0.3, 0.4) is 0 Å². The molecule has 9 heteroatoms. The zero-order valence-corrected chi connectivity index (χ0v) is 14.7. The zero-order valence-electron chi connectivity index (χ0n) is 13.8. The number of carbonyl (C=O) groups is 1. The molecule has 3 rings (SSSR count). The highest BCUT2D eigenvalue weighted by molar-refractivity contribution is 6.03. The van der Waals surface area contributed by atoms with Gasteiger partial charge in [0, 0.05) is 18.5 Å². The topological polar surface area (TPSA) is 112 Å². The molecule has 0 aliphatic carbocycles. The first-order valence-electron chi connectivity index (χ1n) is 7.54. The molecule has 3 aromatic heterocycles. The molecule has 132 valence electrons. The minimum absolute atomic E-state index is 0. The van der Waals surface area contributed by atoms with Crippen LogP contribution >= 0.6 is 12.4 Å². The van der Waals surface area contributed by atoms with Crippen molar-refractivity contribution in [3.63, 3.8) is 0 Å². The Morgan fingerprint density at radius 3 is 2.64 bits per heavy atom. The van der Waals surface area contributed by atoms with Gasteiger partial charge in [0.05, 0.1) is 17.8 Å². The van der Waals surface area contributed by atoms with Crippen LogP contribution < -0.4 is 11.1 Å². The van der Waals surface area contributed by atoms with E-state index in [4.69, 9.17) is 10.2 Å². The summed E-state index contributed by atoms with van der Waals surface area (Å²) < 4.78 is 6.71. The van der Waals surface area contributed by atoms with E-state index in [-0.39, 0.29) is 30.8 Å². The fourth-order valence-electron chi connectivity index (χ4n) is 2.12. The second kappa shape index (κ2) is 7.91. The minimum Gasteiger partial charge on any atom is -0.467 e. The number of nitrogens with two attached hydrogens (primary N) is 1. The Morgan fingerprint density at radius 1 is 1.32 bits per heavy atom. The van der Waals surface area contributed by atoms with E-state index in [9.17, 15) is 4.79 Å². The van der Waals surface area contributed by atoms with Crippen molar-refractivity contribution in [2.75, 3.05) is 5.32 Å². The van der Waals surface area contributed by atoms with Gasteiger partial charge in [-0.3, -0.25) is 4.79 Å². The lowest BCUT2D eigenvalue weighted by Gasteiger charge is -2.06. The van der Waals surface area contributed by atoms with E-state index in [0.717, 1.165) is 5.69 Å². The van der Waals surface area contributed by atoms with E-state index in [0.29, 0.717) is 23.1 Å². The number of nitrogens with zero attached hydrogens (tertiary/aromatic N) is 4. The highest BCUT2D eigenvalue weighted by Gasteiger charge is 2.17. The average molecular weight is 363 g/mol. The molecule has 0 saturated carbocycles. The summed E-state index contributed by atoms with van der Waals surface area (Å²) in [6, 6.07) is 5.13. The molecule has 0 spiro atoms. The first-order valence-corrected chi connectivity index (χ1v) is 7.54. The van der Waals surface area contributed by atoms with Crippen LogP contribution in [0.2, 0.25) is 0 Å². The molecule has 0 unspecified atom stereocenters. The number of hydrogen-bond acceptors (Lipinski definition) is 6. The van der Waals surface area contributed by atoms with Crippen LogP contribution in [0.15, 0.2) is 41.3 Å². The molecular formula is C16H19ClN6O2. The first kappa shape index (κ1) is 18.6. The number of nitrogens with one attached hydrogen (secondary N) is 1. The van der Waals surface area contributed by atoms with Gasteiger partial charge in [-0.05, 0) is 18.1 Å². The zero-order chi connectivity index (χ0) is 17.1. The summed E-state index contributed by atoms with van der Waals surface area (Å²) >= 11 is 0. The van der Waals surface area contributed by atoms with Gasteiger partial charge in [-0.25, -0.2) is 9.97 Å². The summed E-state index contributed by atoms with van der Waals surface area (Å²) in [5, 5.41) is 7.30. The van der Waals surface area contributed by atoms with Crippen LogP contribution in [0, 0.1) is 0 Å². The van der Waals surface area contributed by atoms with Crippen molar-refractivity contribution >= 4 is 24.1 Å². The number of halogens is 1. The standard InChI is InChI=1S/C16H18N6O2.ClH/c1-10(2)13-7-14(22(21-13)16-18-4-3-5-19-16)20-15(23)11-6-12(8-17)24-9-11;/h3-7,9-10H,8,17H2,1-2H3,(H,20,23);1H. The minimum atomic E-state index is -0.314. The van der Waals surface area contributed by atoms with Crippen molar-refractivity contribution in [3.05, 3.63) is 53.9 Å². The monoisotopic (exact) mass is 362 g/mol. The maximum Gasteiger partial charge on any atom is 0.260 e. The molecule has 8 nitrogen and oxygen atoms in total. The van der Waals surface area contributed by atoms with E-state index in [2.05, 4.69) is 20.4 Å². The fraction of sp³-hybridized carbons (Fsp3) is 0.250. The number of amides is 1. The number of aromatic nitrogens is 4. The van der Waals surface area contributed by atoms with E-state index in [1.807, 2.05) is 19.9 Å². The molecule has 3 N–H and O–H groups in total. The number of furan rings is 1. The van der Waals surface area contributed by atoms with Crippen molar-refractivity contribution in [1.82, 2.24) is 19.7 Å². The molecule has 0 fully saturated rings. The highest BCUT2D eigenvalue weighted by atomic mass is 35.5. The van der Waals surface area contributed by atoms with Crippen LogP contribution in [0.5, 0.6) is 0 Å². The highest BCUT2D eigenvalue weighted by Crippen LogP contribution is 2.21. The molecule has 3 aromatic rings. The molecule has 0 saturated heterocycles.